The van der Waals surface area contributed by atoms with Crippen LogP contribution in [-0.4, -0.2) is 17.1 Å². The van der Waals surface area contributed by atoms with Crippen LogP contribution in [0.15, 0.2) is 24.3 Å². The van der Waals surface area contributed by atoms with Gasteiger partial charge in [0.25, 0.3) is 0 Å². The van der Waals surface area contributed by atoms with Crippen molar-refractivity contribution in [1.82, 2.24) is 5.32 Å². The van der Waals surface area contributed by atoms with Crippen LogP contribution in [0.4, 0.5) is 0 Å². The molecule has 0 aliphatic heterocycles. The third-order valence-corrected chi connectivity index (χ3v) is 4.16. The zero-order valence-corrected chi connectivity index (χ0v) is 11.9. The van der Waals surface area contributed by atoms with E-state index in [4.69, 9.17) is 5.11 Å². The molecule has 2 rings (SSSR count). The molecule has 0 bridgehead atoms. The second-order valence-corrected chi connectivity index (χ2v) is 6.61. The van der Waals surface area contributed by atoms with E-state index in [1.807, 2.05) is 12.1 Å². The summed E-state index contributed by atoms with van der Waals surface area (Å²) < 4.78 is 0. The van der Waals surface area contributed by atoms with Gasteiger partial charge in [-0.3, -0.25) is 0 Å². The summed E-state index contributed by atoms with van der Waals surface area (Å²) in [6.07, 6.45) is 2.49. The quantitative estimate of drug-likeness (QED) is 0.874. The number of aromatic carboxylic acids is 1. The van der Waals surface area contributed by atoms with Crippen molar-refractivity contribution in [2.45, 2.75) is 46.2 Å². The molecule has 19 heavy (non-hydrogen) atoms. The molecule has 0 saturated heterocycles. The van der Waals surface area contributed by atoms with E-state index in [0.717, 1.165) is 18.0 Å². The molecule has 1 aliphatic carbocycles. The Kier molecular flexibility index (Phi) is 3.95. The van der Waals surface area contributed by atoms with E-state index in [-0.39, 0.29) is 0 Å². The average molecular weight is 261 g/mol. The molecule has 0 heterocycles. The smallest absolute Gasteiger partial charge is 0.335 e. The Balaban J connectivity index is 1.77. The van der Waals surface area contributed by atoms with Crippen LogP contribution in [0.25, 0.3) is 0 Å². The van der Waals surface area contributed by atoms with Gasteiger partial charge in [-0.25, -0.2) is 4.79 Å². The van der Waals surface area contributed by atoms with Crippen molar-refractivity contribution in [2.75, 3.05) is 0 Å². The molecule has 1 aromatic carbocycles. The number of carboxylic acid groups (broad SMARTS) is 1. The van der Waals surface area contributed by atoms with Crippen LogP contribution in [0.1, 0.15) is 49.5 Å². The Morgan fingerprint density at radius 1 is 1.26 bits per heavy atom. The maximum Gasteiger partial charge on any atom is 0.335 e. The molecule has 0 radical (unpaired) electrons. The molecule has 0 atom stereocenters. The first-order valence-corrected chi connectivity index (χ1v) is 6.92. The summed E-state index contributed by atoms with van der Waals surface area (Å²) in [5.74, 6) is -0.0501. The van der Waals surface area contributed by atoms with E-state index in [2.05, 4.69) is 26.1 Å². The van der Waals surface area contributed by atoms with Gasteiger partial charge < -0.3 is 10.4 Å². The Morgan fingerprint density at radius 2 is 1.84 bits per heavy atom. The predicted molar refractivity (Wildman–Crippen MR) is 76.2 cm³/mol. The number of hydrogen-bond acceptors (Lipinski definition) is 2. The fourth-order valence-electron chi connectivity index (χ4n) is 2.52. The van der Waals surface area contributed by atoms with Gasteiger partial charge in [-0.05, 0) is 41.9 Å². The predicted octanol–water partition coefficient (Wildman–Crippen LogP) is 3.30. The SMILES string of the molecule is CC(C)(C)C1CC(NCc2ccc(C(=O)O)cc2)C1. The number of hydrogen-bond donors (Lipinski definition) is 2. The van der Waals surface area contributed by atoms with E-state index in [9.17, 15) is 4.79 Å². The molecule has 0 aromatic heterocycles. The summed E-state index contributed by atoms with van der Waals surface area (Å²) in [6.45, 7) is 7.73. The minimum Gasteiger partial charge on any atom is -0.478 e. The molecule has 3 heteroatoms. The van der Waals surface area contributed by atoms with Gasteiger partial charge in [-0.2, -0.15) is 0 Å². The summed E-state index contributed by atoms with van der Waals surface area (Å²) in [7, 11) is 0. The molecule has 0 amide bonds. The van der Waals surface area contributed by atoms with Crippen molar-refractivity contribution in [1.29, 1.82) is 0 Å². The molecular formula is C16H23NO2. The summed E-state index contributed by atoms with van der Waals surface area (Å²) in [6, 6.07) is 7.71. The van der Waals surface area contributed by atoms with E-state index >= 15 is 0 Å². The van der Waals surface area contributed by atoms with Gasteiger partial charge in [0.1, 0.15) is 0 Å². The van der Waals surface area contributed by atoms with Crippen LogP contribution in [0.5, 0.6) is 0 Å². The molecule has 0 unspecified atom stereocenters. The first-order chi connectivity index (χ1) is 8.86. The Morgan fingerprint density at radius 3 is 2.32 bits per heavy atom. The highest BCUT2D eigenvalue weighted by molar-refractivity contribution is 5.87. The second-order valence-electron chi connectivity index (χ2n) is 6.61. The Bertz CT molecular complexity index is 439. The molecule has 104 valence electrons. The largest absolute Gasteiger partial charge is 0.478 e. The fourth-order valence-corrected chi connectivity index (χ4v) is 2.52. The standard InChI is InChI=1S/C16H23NO2/c1-16(2,3)13-8-14(9-13)17-10-11-4-6-12(7-5-11)15(18)19/h4-7,13-14,17H,8-10H2,1-3H3,(H,18,19). The molecule has 1 aliphatic rings. The number of rotatable bonds is 4. The van der Waals surface area contributed by atoms with Gasteiger partial charge >= 0.3 is 5.97 Å². The summed E-state index contributed by atoms with van der Waals surface area (Å²) in [5, 5.41) is 12.4. The molecule has 3 nitrogen and oxygen atoms in total. The Labute approximate surface area is 115 Å². The zero-order chi connectivity index (χ0) is 14.0. The highest BCUT2D eigenvalue weighted by atomic mass is 16.4. The number of carbonyl (C=O) groups is 1. The lowest BCUT2D eigenvalue weighted by molar-refractivity contribution is 0.0697. The van der Waals surface area contributed by atoms with Crippen molar-refractivity contribution >= 4 is 5.97 Å². The van der Waals surface area contributed by atoms with E-state index in [1.54, 1.807) is 12.1 Å². The zero-order valence-electron chi connectivity index (χ0n) is 11.9. The van der Waals surface area contributed by atoms with Crippen LogP contribution in [0.2, 0.25) is 0 Å². The van der Waals surface area contributed by atoms with Crippen LogP contribution in [0.3, 0.4) is 0 Å². The van der Waals surface area contributed by atoms with Crippen LogP contribution >= 0.6 is 0 Å². The van der Waals surface area contributed by atoms with Gasteiger partial charge in [-0.15, -0.1) is 0 Å². The minimum absolute atomic E-state index is 0.347. The van der Waals surface area contributed by atoms with Crippen molar-refractivity contribution in [3.8, 4) is 0 Å². The van der Waals surface area contributed by atoms with Crippen LogP contribution in [-0.2, 0) is 6.54 Å². The third-order valence-electron chi connectivity index (χ3n) is 4.16. The molecular weight excluding hydrogens is 238 g/mol. The lowest BCUT2D eigenvalue weighted by Gasteiger charge is -2.44. The molecule has 0 spiro atoms. The first-order valence-electron chi connectivity index (χ1n) is 6.92. The van der Waals surface area contributed by atoms with Crippen molar-refractivity contribution in [2.24, 2.45) is 11.3 Å². The van der Waals surface area contributed by atoms with Gasteiger partial charge in [0.2, 0.25) is 0 Å². The normalized spacial score (nSPS) is 22.9. The topological polar surface area (TPSA) is 49.3 Å². The highest BCUT2D eigenvalue weighted by Gasteiger charge is 2.36. The third kappa shape index (κ3) is 3.57. The van der Waals surface area contributed by atoms with E-state index in [0.29, 0.717) is 17.0 Å². The average Bonchev–Trinajstić information content (AvgIpc) is 2.25. The molecule has 1 aromatic rings. The highest BCUT2D eigenvalue weighted by Crippen LogP contribution is 2.41. The lowest BCUT2D eigenvalue weighted by atomic mass is 9.66. The first kappa shape index (κ1) is 14.1. The van der Waals surface area contributed by atoms with Gasteiger partial charge in [0.15, 0.2) is 0 Å². The monoisotopic (exact) mass is 261 g/mol. The summed E-state index contributed by atoms with van der Waals surface area (Å²) in [5.41, 5.74) is 1.91. The Hall–Kier alpha value is -1.35. The van der Waals surface area contributed by atoms with E-state index in [1.165, 1.54) is 12.8 Å². The second kappa shape index (κ2) is 5.33. The summed E-state index contributed by atoms with van der Waals surface area (Å²) in [4.78, 5) is 10.7. The van der Waals surface area contributed by atoms with Crippen molar-refractivity contribution < 1.29 is 9.90 Å². The van der Waals surface area contributed by atoms with Crippen molar-refractivity contribution in [3.63, 3.8) is 0 Å². The minimum atomic E-state index is -0.869. The fraction of sp³-hybridized carbons (Fsp3) is 0.562. The number of nitrogens with one attached hydrogen (secondary N) is 1. The number of benzene rings is 1. The molecule has 1 saturated carbocycles. The number of carboxylic acids is 1. The molecule has 2 N–H and O–H groups in total. The molecule has 1 fully saturated rings. The van der Waals surface area contributed by atoms with Gasteiger partial charge in [0, 0.05) is 12.6 Å². The van der Waals surface area contributed by atoms with Gasteiger partial charge in [-0.1, -0.05) is 32.9 Å². The van der Waals surface area contributed by atoms with E-state index < -0.39 is 5.97 Å². The van der Waals surface area contributed by atoms with Crippen LogP contribution < -0.4 is 5.32 Å². The maximum absolute atomic E-state index is 10.7. The van der Waals surface area contributed by atoms with Gasteiger partial charge in [0.05, 0.1) is 5.56 Å². The van der Waals surface area contributed by atoms with Crippen molar-refractivity contribution in [3.05, 3.63) is 35.4 Å². The maximum atomic E-state index is 10.7. The lowest BCUT2D eigenvalue weighted by Crippen LogP contribution is -2.45. The van der Waals surface area contributed by atoms with Crippen LogP contribution in [0, 0.1) is 11.3 Å². The summed E-state index contributed by atoms with van der Waals surface area (Å²) >= 11 is 0.